The largest absolute Gasteiger partial charge is 0.497 e. The third kappa shape index (κ3) is 3.90. The number of carbonyl (C=O) groups is 1. The Kier molecular flexibility index (Phi) is 5.49. The van der Waals surface area contributed by atoms with Crippen LogP contribution in [0.2, 0.25) is 0 Å². The minimum Gasteiger partial charge on any atom is -0.497 e. The molecule has 4 heteroatoms. The van der Waals surface area contributed by atoms with Crippen LogP contribution in [0.4, 0.5) is 11.4 Å². The van der Waals surface area contributed by atoms with Crippen LogP contribution in [0.5, 0.6) is 5.75 Å². The average molecular weight is 401 g/mol. The highest BCUT2D eigenvalue weighted by atomic mass is 16.5. The predicted molar refractivity (Wildman–Crippen MR) is 123 cm³/mol. The van der Waals surface area contributed by atoms with Crippen molar-refractivity contribution in [2.24, 2.45) is 0 Å². The first kappa shape index (κ1) is 20.0. The van der Waals surface area contributed by atoms with Crippen LogP contribution < -0.4 is 15.0 Å². The van der Waals surface area contributed by atoms with E-state index in [-0.39, 0.29) is 18.0 Å². The SMILES string of the molecule is COc1cccc(N[C@@H]2C[C@H](C)N(C(C)=O)c3ccc(-c4cccc(C)c4)cc32)c1. The van der Waals surface area contributed by atoms with Gasteiger partial charge in [-0.1, -0.05) is 42.0 Å². The molecule has 0 saturated carbocycles. The average Bonchev–Trinajstić information content (AvgIpc) is 2.73. The van der Waals surface area contributed by atoms with Crippen molar-refractivity contribution in [1.29, 1.82) is 0 Å². The molecule has 0 spiro atoms. The van der Waals surface area contributed by atoms with Crippen LogP contribution >= 0.6 is 0 Å². The first-order valence-electron chi connectivity index (χ1n) is 10.4. The Labute approximate surface area is 178 Å². The number of methoxy groups -OCH3 is 1. The van der Waals surface area contributed by atoms with Crippen molar-refractivity contribution in [2.45, 2.75) is 39.3 Å². The Hall–Kier alpha value is -3.27. The molecule has 0 bridgehead atoms. The topological polar surface area (TPSA) is 41.6 Å². The van der Waals surface area contributed by atoms with Crippen LogP contribution in [0.1, 0.15) is 37.4 Å². The standard InChI is InChI=1S/C26H28N2O2/c1-17-7-5-8-20(13-17)21-11-12-26-24(15-21)25(14-18(2)28(26)19(3)29)27-22-9-6-10-23(16-22)30-4/h5-13,15-16,18,25,27H,14H2,1-4H3/t18-,25+/m0/s1. The number of hydrogen-bond acceptors (Lipinski definition) is 3. The molecule has 0 fully saturated rings. The van der Waals surface area contributed by atoms with Crippen LogP contribution in [-0.4, -0.2) is 19.1 Å². The van der Waals surface area contributed by atoms with Gasteiger partial charge in [0.15, 0.2) is 0 Å². The van der Waals surface area contributed by atoms with Crippen molar-refractivity contribution in [3.05, 3.63) is 77.9 Å². The molecule has 30 heavy (non-hydrogen) atoms. The van der Waals surface area contributed by atoms with Gasteiger partial charge in [0.25, 0.3) is 0 Å². The van der Waals surface area contributed by atoms with Crippen molar-refractivity contribution in [2.75, 3.05) is 17.3 Å². The van der Waals surface area contributed by atoms with Crippen molar-refractivity contribution in [3.8, 4) is 16.9 Å². The Morgan fingerprint density at radius 3 is 2.53 bits per heavy atom. The molecule has 0 aromatic heterocycles. The number of hydrogen-bond donors (Lipinski definition) is 1. The Morgan fingerprint density at radius 1 is 1.03 bits per heavy atom. The van der Waals surface area contributed by atoms with E-state index in [1.54, 1.807) is 14.0 Å². The van der Waals surface area contributed by atoms with Crippen LogP contribution in [0, 0.1) is 6.92 Å². The van der Waals surface area contributed by atoms with E-state index in [0.717, 1.165) is 34.7 Å². The zero-order valence-corrected chi connectivity index (χ0v) is 18.0. The highest BCUT2D eigenvalue weighted by molar-refractivity contribution is 5.94. The molecule has 0 radical (unpaired) electrons. The lowest BCUT2D eigenvalue weighted by Crippen LogP contribution is -2.43. The molecule has 154 valence electrons. The van der Waals surface area contributed by atoms with Crippen LogP contribution in [0.15, 0.2) is 66.7 Å². The van der Waals surface area contributed by atoms with E-state index in [0.29, 0.717) is 0 Å². The molecule has 3 aromatic carbocycles. The zero-order valence-electron chi connectivity index (χ0n) is 18.0. The monoisotopic (exact) mass is 400 g/mol. The summed E-state index contributed by atoms with van der Waals surface area (Å²) in [5.74, 6) is 0.898. The Morgan fingerprint density at radius 2 is 1.80 bits per heavy atom. The van der Waals surface area contributed by atoms with Gasteiger partial charge in [0, 0.05) is 30.4 Å². The molecule has 2 atom stereocenters. The Bertz CT molecular complexity index is 1080. The molecule has 4 nitrogen and oxygen atoms in total. The fourth-order valence-corrected chi connectivity index (χ4v) is 4.40. The van der Waals surface area contributed by atoms with Gasteiger partial charge < -0.3 is 15.0 Å². The second-order valence-electron chi connectivity index (χ2n) is 8.05. The van der Waals surface area contributed by atoms with Crippen molar-refractivity contribution in [3.63, 3.8) is 0 Å². The summed E-state index contributed by atoms with van der Waals surface area (Å²) in [5, 5.41) is 3.67. The van der Waals surface area contributed by atoms with E-state index < -0.39 is 0 Å². The van der Waals surface area contributed by atoms with Gasteiger partial charge in [-0.3, -0.25) is 4.79 Å². The second-order valence-corrected chi connectivity index (χ2v) is 8.05. The number of rotatable bonds is 4. The number of benzene rings is 3. The summed E-state index contributed by atoms with van der Waals surface area (Å²) >= 11 is 0. The molecule has 0 aliphatic carbocycles. The van der Waals surface area contributed by atoms with Gasteiger partial charge >= 0.3 is 0 Å². The first-order chi connectivity index (χ1) is 14.5. The molecule has 3 aromatic rings. The molecule has 4 rings (SSSR count). The van der Waals surface area contributed by atoms with E-state index in [4.69, 9.17) is 4.74 Å². The summed E-state index contributed by atoms with van der Waals surface area (Å²) in [7, 11) is 1.68. The highest BCUT2D eigenvalue weighted by Gasteiger charge is 2.32. The van der Waals surface area contributed by atoms with Crippen LogP contribution in [0.3, 0.4) is 0 Å². The molecule has 1 heterocycles. The van der Waals surface area contributed by atoms with Crippen molar-refractivity contribution >= 4 is 17.3 Å². The summed E-state index contributed by atoms with van der Waals surface area (Å²) in [4.78, 5) is 14.3. The molecule has 0 saturated heterocycles. The van der Waals surface area contributed by atoms with Crippen molar-refractivity contribution < 1.29 is 9.53 Å². The molecular weight excluding hydrogens is 372 g/mol. The number of fused-ring (bicyclic) bond motifs is 1. The fourth-order valence-electron chi connectivity index (χ4n) is 4.40. The minimum absolute atomic E-state index is 0.0758. The normalized spacial score (nSPS) is 17.9. The maximum atomic E-state index is 12.4. The predicted octanol–water partition coefficient (Wildman–Crippen LogP) is 5.97. The number of carbonyl (C=O) groups excluding carboxylic acids is 1. The molecule has 1 aliphatic rings. The van der Waals surface area contributed by atoms with E-state index in [1.807, 2.05) is 23.1 Å². The van der Waals surface area contributed by atoms with E-state index in [9.17, 15) is 4.79 Å². The van der Waals surface area contributed by atoms with Crippen LogP contribution in [-0.2, 0) is 4.79 Å². The molecule has 1 aliphatic heterocycles. The van der Waals surface area contributed by atoms with E-state index in [1.165, 1.54) is 11.1 Å². The maximum Gasteiger partial charge on any atom is 0.224 e. The number of anilines is 2. The second kappa shape index (κ2) is 8.23. The lowest BCUT2D eigenvalue weighted by atomic mass is 9.88. The van der Waals surface area contributed by atoms with Gasteiger partial charge in [-0.2, -0.15) is 0 Å². The lowest BCUT2D eigenvalue weighted by Gasteiger charge is -2.39. The molecule has 0 unspecified atom stereocenters. The highest BCUT2D eigenvalue weighted by Crippen LogP contribution is 2.41. The summed E-state index contributed by atoms with van der Waals surface area (Å²) in [5.41, 5.74) is 6.71. The van der Waals surface area contributed by atoms with Gasteiger partial charge in [-0.15, -0.1) is 0 Å². The first-order valence-corrected chi connectivity index (χ1v) is 10.4. The fraction of sp³-hybridized carbons (Fsp3) is 0.269. The van der Waals surface area contributed by atoms with Crippen molar-refractivity contribution in [1.82, 2.24) is 0 Å². The third-order valence-electron chi connectivity index (χ3n) is 5.78. The van der Waals surface area contributed by atoms with E-state index >= 15 is 0 Å². The van der Waals surface area contributed by atoms with Gasteiger partial charge in [0.05, 0.1) is 13.2 Å². The number of amides is 1. The van der Waals surface area contributed by atoms with E-state index in [2.05, 4.69) is 67.7 Å². The summed E-state index contributed by atoms with van der Waals surface area (Å²) in [6, 6.07) is 23.1. The van der Waals surface area contributed by atoms with Crippen LogP contribution in [0.25, 0.3) is 11.1 Å². The summed E-state index contributed by atoms with van der Waals surface area (Å²) in [6.07, 6.45) is 0.834. The molecular formula is C26H28N2O2. The van der Waals surface area contributed by atoms with Gasteiger partial charge in [-0.05, 0) is 61.2 Å². The van der Waals surface area contributed by atoms with Gasteiger partial charge in [0.1, 0.15) is 5.75 Å². The van der Waals surface area contributed by atoms with Gasteiger partial charge in [-0.25, -0.2) is 0 Å². The number of nitrogens with zero attached hydrogens (tertiary/aromatic N) is 1. The number of aryl methyl sites for hydroxylation is 1. The Balaban J connectivity index is 1.78. The third-order valence-corrected chi connectivity index (χ3v) is 5.78. The minimum atomic E-state index is 0.0758. The van der Waals surface area contributed by atoms with Gasteiger partial charge in [0.2, 0.25) is 5.91 Å². The number of ether oxygens (including phenoxy) is 1. The zero-order chi connectivity index (χ0) is 21.3. The smallest absolute Gasteiger partial charge is 0.224 e. The molecule has 1 N–H and O–H groups in total. The molecule has 1 amide bonds. The lowest BCUT2D eigenvalue weighted by molar-refractivity contribution is -0.117. The summed E-state index contributed by atoms with van der Waals surface area (Å²) in [6.45, 7) is 5.86. The maximum absolute atomic E-state index is 12.4. The summed E-state index contributed by atoms with van der Waals surface area (Å²) < 4.78 is 5.38. The quantitative estimate of drug-likeness (QED) is 0.587. The number of nitrogens with one attached hydrogen (secondary N) is 1.